The maximum atomic E-state index is 12.5. The third kappa shape index (κ3) is 3.83. The number of fused-ring (bicyclic) bond motifs is 1. The van der Waals surface area contributed by atoms with Gasteiger partial charge in [-0.3, -0.25) is 9.78 Å². The largest absolute Gasteiger partial charge is 0.496 e. The number of ether oxygens (including phenoxy) is 1. The Labute approximate surface area is 156 Å². The number of hydrogen-bond acceptors (Lipinski definition) is 6. The van der Waals surface area contributed by atoms with E-state index in [1.165, 1.54) is 12.3 Å². The van der Waals surface area contributed by atoms with E-state index in [9.17, 15) is 9.59 Å². The predicted octanol–water partition coefficient (Wildman–Crippen LogP) is 2.86. The molecule has 0 bridgehead atoms. The molecule has 0 saturated heterocycles. The number of anilines is 1. The lowest BCUT2D eigenvalue weighted by molar-refractivity contribution is 0.102. The molecule has 1 amide bonds. The highest BCUT2D eigenvalue weighted by Crippen LogP contribution is 2.29. The van der Waals surface area contributed by atoms with Crippen molar-refractivity contribution in [1.82, 2.24) is 4.98 Å². The number of hydrogen-bond donors (Lipinski definition) is 2. The standard InChI is InChI=1S/C20H21N3O4/c1-3-4-15-17(26-2)8-5-12-9-16(20(25)27-18(12)15)19(24)23-14-7-6-13(10-21)22-11-14/h5-9,11H,3-4,10,21H2,1-2H3,(H,23,24). The molecule has 0 atom stereocenters. The van der Waals surface area contributed by atoms with Crippen molar-refractivity contribution >= 4 is 22.6 Å². The van der Waals surface area contributed by atoms with E-state index >= 15 is 0 Å². The fraction of sp³-hybridized carbons (Fsp3) is 0.250. The summed E-state index contributed by atoms with van der Waals surface area (Å²) in [4.78, 5) is 29.1. The van der Waals surface area contributed by atoms with Gasteiger partial charge in [0.05, 0.1) is 24.7 Å². The Kier molecular flexibility index (Phi) is 5.52. The van der Waals surface area contributed by atoms with Gasteiger partial charge in [-0.05, 0) is 36.8 Å². The third-order valence-corrected chi connectivity index (χ3v) is 4.22. The van der Waals surface area contributed by atoms with Crippen LogP contribution in [0.5, 0.6) is 5.75 Å². The first-order chi connectivity index (χ1) is 13.1. The number of benzene rings is 1. The van der Waals surface area contributed by atoms with Crippen LogP contribution in [-0.4, -0.2) is 18.0 Å². The Morgan fingerprint density at radius 3 is 2.74 bits per heavy atom. The van der Waals surface area contributed by atoms with E-state index in [4.69, 9.17) is 14.9 Å². The molecule has 0 aliphatic heterocycles. The zero-order chi connectivity index (χ0) is 19.4. The number of carbonyl (C=O) groups is 1. The molecule has 1 aromatic carbocycles. The van der Waals surface area contributed by atoms with Crippen LogP contribution in [0.15, 0.2) is 45.7 Å². The molecule has 140 valence electrons. The van der Waals surface area contributed by atoms with E-state index in [0.717, 1.165) is 12.0 Å². The Bertz CT molecular complexity index is 1030. The smallest absolute Gasteiger partial charge is 0.349 e. The van der Waals surface area contributed by atoms with Gasteiger partial charge in [0.1, 0.15) is 16.9 Å². The van der Waals surface area contributed by atoms with Gasteiger partial charge in [0, 0.05) is 17.5 Å². The molecule has 0 fully saturated rings. The average Bonchev–Trinajstić information content (AvgIpc) is 2.68. The maximum absolute atomic E-state index is 12.5. The summed E-state index contributed by atoms with van der Waals surface area (Å²) in [7, 11) is 1.57. The average molecular weight is 367 g/mol. The summed E-state index contributed by atoms with van der Waals surface area (Å²) < 4.78 is 10.9. The van der Waals surface area contributed by atoms with Crippen LogP contribution in [0.1, 0.15) is 35.0 Å². The molecule has 3 rings (SSSR count). The van der Waals surface area contributed by atoms with E-state index in [0.29, 0.717) is 41.1 Å². The van der Waals surface area contributed by atoms with Crippen molar-refractivity contribution in [3.8, 4) is 5.75 Å². The Morgan fingerprint density at radius 2 is 2.11 bits per heavy atom. The van der Waals surface area contributed by atoms with E-state index in [1.54, 1.807) is 25.3 Å². The molecule has 0 saturated carbocycles. The monoisotopic (exact) mass is 367 g/mol. The normalized spacial score (nSPS) is 10.8. The number of carbonyl (C=O) groups excluding carboxylic acids is 1. The summed E-state index contributed by atoms with van der Waals surface area (Å²) in [5, 5.41) is 3.32. The van der Waals surface area contributed by atoms with Crippen LogP contribution < -0.4 is 21.4 Å². The molecule has 0 aliphatic rings. The first-order valence-electron chi connectivity index (χ1n) is 8.67. The summed E-state index contributed by atoms with van der Waals surface area (Å²) in [6.45, 7) is 2.34. The first-order valence-corrected chi connectivity index (χ1v) is 8.67. The van der Waals surface area contributed by atoms with Gasteiger partial charge in [0.2, 0.25) is 0 Å². The summed E-state index contributed by atoms with van der Waals surface area (Å²) in [5.41, 5.74) is 7.19. The van der Waals surface area contributed by atoms with Gasteiger partial charge in [-0.1, -0.05) is 13.3 Å². The summed E-state index contributed by atoms with van der Waals surface area (Å²) >= 11 is 0. The topological polar surface area (TPSA) is 107 Å². The van der Waals surface area contributed by atoms with Crippen molar-refractivity contribution in [3.63, 3.8) is 0 Å². The lowest BCUT2D eigenvalue weighted by atomic mass is 10.0. The van der Waals surface area contributed by atoms with Gasteiger partial charge in [0.15, 0.2) is 0 Å². The van der Waals surface area contributed by atoms with Gasteiger partial charge >= 0.3 is 5.63 Å². The number of rotatable bonds is 6. The molecule has 3 aromatic rings. The molecular weight excluding hydrogens is 346 g/mol. The fourth-order valence-corrected chi connectivity index (χ4v) is 2.88. The van der Waals surface area contributed by atoms with Crippen molar-refractivity contribution in [3.05, 3.63) is 63.8 Å². The SMILES string of the molecule is CCCc1c(OC)ccc2cc(C(=O)Nc3ccc(CN)nc3)c(=O)oc12. The second-order valence-electron chi connectivity index (χ2n) is 6.06. The molecule has 0 unspecified atom stereocenters. The lowest BCUT2D eigenvalue weighted by Crippen LogP contribution is -2.21. The van der Waals surface area contributed by atoms with Crippen LogP contribution in [0.3, 0.4) is 0 Å². The minimum atomic E-state index is -0.697. The number of nitrogens with one attached hydrogen (secondary N) is 1. The number of methoxy groups -OCH3 is 1. The second-order valence-corrected chi connectivity index (χ2v) is 6.06. The summed E-state index contributed by atoms with van der Waals surface area (Å²) in [6, 6.07) is 8.51. The predicted molar refractivity (Wildman–Crippen MR) is 103 cm³/mol. The number of nitrogens with zero attached hydrogens (tertiary/aromatic N) is 1. The Balaban J connectivity index is 1.98. The number of aromatic nitrogens is 1. The van der Waals surface area contributed by atoms with Crippen molar-refractivity contribution in [2.45, 2.75) is 26.3 Å². The van der Waals surface area contributed by atoms with Gasteiger partial charge < -0.3 is 20.2 Å². The van der Waals surface area contributed by atoms with Gasteiger partial charge in [-0.15, -0.1) is 0 Å². The number of nitrogens with two attached hydrogens (primary N) is 1. The highest BCUT2D eigenvalue weighted by Gasteiger charge is 2.17. The molecule has 3 N–H and O–H groups in total. The van der Waals surface area contributed by atoms with Crippen LogP contribution in [0, 0.1) is 0 Å². The van der Waals surface area contributed by atoms with Crippen molar-refractivity contribution < 1.29 is 13.9 Å². The van der Waals surface area contributed by atoms with Gasteiger partial charge in [-0.2, -0.15) is 0 Å². The number of pyridine rings is 1. The van der Waals surface area contributed by atoms with E-state index in [1.807, 2.05) is 13.0 Å². The molecule has 0 radical (unpaired) electrons. The molecule has 27 heavy (non-hydrogen) atoms. The van der Waals surface area contributed by atoms with E-state index in [2.05, 4.69) is 10.3 Å². The number of aryl methyl sites for hydroxylation is 1. The van der Waals surface area contributed by atoms with Crippen LogP contribution in [0.2, 0.25) is 0 Å². The molecule has 2 aromatic heterocycles. The Hall–Kier alpha value is -3.19. The summed E-state index contributed by atoms with van der Waals surface area (Å²) in [5.74, 6) is 0.108. The second kappa shape index (κ2) is 8.01. The fourth-order valence-electron chi connectivity index (χ4n) is 2.88. The van der Waals surface area contributed by atoms with Crippen LogP contribution >= 0.6 is 0 Å². The molecular formula is C20H21N3O4. The Morgan fingerprint density at radius 1 is 1.30 bits per heavy atom. The highest BCUT2D eigenvalue weighted by atomic mass is 16.5. The maximum Gasteiger partial charge on any atom is 0.349 e. The minimum Gasteiger partial charge on any atom is -0.496 e. The van der Waals surface area contributed by atoms with Crippen molar-refractivity contribution in [2.24, 2.45) is 5.73 Å². The van der Waals surface area contributed by atoms with Crippen molar-refractivity contribution in [1.29, 1.82) is 0 Å². The third-order valence-electron chi connectivity index (χ3n) is 4.22. The zero-order valence-electron chi connectivity index (χ0n) is 15.2. The molecule has 2 heterocycles. The lowest BCUT2D eigenvalue weighted by Gasteiger charge is -2.11. The van der Waals surface area contributed by atoms with Crippen LogP contribution in [0.4, 0.5) is 5.69 Å². The summed E-state index contributed by atoms with van der Waals surface area (Å²) in [6.07, 6.45) is 3.06. The highest BCUT2D eigenvalue weighted by molar-refractivity contribution is 6.05. The van der Waals surface area contributed by atoms with Gasteiger partial charge in [0.25, 0.3) is 5.91 Å². The van der Waals surface area contributed by atoms with Crippen LogP contribution in [-0.2, 0) is 13.0 Å². The molecule has 0 spiro atoms. The molecule has 7 nitrogen and oxygen atoms in total. The van der Waals surface area contributed by atoms with Gasteiger partial charge in [-0.25, -0.2) is 4.79 Å². The first kappa shape index (κ1) is 18.6. The number of amides is 1. The van der Waals surface area contributed by atoms with Crippen molar-refractivity contribution in [2.75, 3.05) is 12.4 Å². The van der Waals surface area contributed by atoms with E-state index < -0.39 is 11.5 Å². The minimum absolute atomic E-state index is 0.0713. The zero-order valence-corrected chi connectivity index (χ0v) is 15.2. The quantitative estimate of drug-likeness (QED) is 0.649. The van der Waals surface area contributed by atoms with Crippen LogP contribution in [0.25, 0.3) is 11.0 Å². The van der Waals surface area contributed by atoms with E-state index in [-0.39, 0.29) is 5.56 Å². The molecule has 7 heteroatoms. The molecule has 0 aliphatic carbocycles.